The molecule has 0 fully saturated rings. The molecule has 0 aromatic rings. The van der Waals surface area contributed by atoms with Crippen LogP contribution in [0.15, 0.2) is 11.5 Å². The molecule has 0 bridgehead atoms. The average Bonchev–Trinajstić information content (AvgIpc) is 2.40. The maximum Gasteiger partial charge on any atom is 0.491 e. The first kappa shape index (κ1) is 15.1. The summed E-state index contributed by atoms with van der Waals surface area (Å²) in [5, 5.41) is 0.694. The maximum atomic E-state index is 12.1. The van der Waals surface area contributed by atoms with E-state index < -0.39 is 26.5 Å². The molecule has 0 saturated carbocycles. The monoisotopic (exact) mass is 282 g/mol. The largest absolute Gasteiger partial charge is 0.491 e. The van der Waals surface area contributed by atoms with Gasteiger partial charge in [-0.05, 0) is 12.8 Å². The quantitative estimate of drug-likeness (QED) is 0.575. The summed E-state index contributed by atoms with van der Waals surface area (Å²) in [5.41, 5.74) is 0. The number of alkyl halides is 3. The van der Waals surface area contributed by atoms with Crippen molar-refractivity contribution in [1.82, 2.24) is 0 Å². The van der Waals surface area contributed by atoms with Crippen LogP contribution in [0.5, 0.6) is 0 Å². The number of halogens is 3. The Labute approximate surface area is 105 Å². The second-order valence-corrected chi connectivity index (χ2v) is 10.2. The molecule has 104 valence electrons. The molecular formula is C11H17F3O3Si. The van der Waals surface area contributed by atoms with Crippen LogP contribution in [0.3, 0.4) is 0 Å². The van der Waals surface area contributed by atoms with Crippen LogP contribution in [0.1, 0.15) is 19.3 Å². The molecule has 1 atom stereocenters. The molecule has 18 heavy (non-hydrogen) atoms. The molecule has 0 aliphatic carbocycles. The normalized spacial score (nSPS) is 21.7. The van der Waals surface area contributed by atoms with Crippen molar-refractivity contribution in [1.29, 1.82) is 0 Å². The Kier molecular flexibility index (Phi) is 4.47. The van der Waals surface area contributed by atoms with Crippen molar-refractivity contribution in [3.05, 3.63) is 11.5 Å². The van der Waals surface area contributed by atoms with Crippen LogP contribution in [-0.2, 0) is 14.3 Å². The minimum absolute atomic E-state index is 0.284. The second kappa shape index (κ2) is 5.34. The summed E-state index contributed by atoms with van der Waals surface area (Å²) < 4.78 is 46.1. The highest BCUT2D eigenvalue weighted by molar-refractivity contribution is 6.82. The lowest BCUT2D eigenvalue weighted by molar-refractivity contribution is -0.221. The Morgan fingerprint density at radius 1 is 1.44 bits per heavy atom. The number of carbonyl (C=O) groups is 1. The van der Waals surface area contributed by atoms with E-state index in [-0.39, 0.29) is 6.42 Å². The lowest BCUT2D eigenvalue weighted by atomic mass is 10.2. The van der Waals surface area contributed by atoms with E-state index in [1.807, 2.05) is 25.7 Å². The van der Waals surface area contributed by atoms with Gasteiger partial charge in [-0.2, -0.15) is 13.2 Å². The highest BCUT2D eigenvalue weighted by Crippen LogP contribution is 2.26. The zero-order valence-electron chi connectivity index (χ0n) is 10.6. The number of esters is 1. The Bertz CT molecular complexity index is 344. The molecule has 7 heteroatoms. The van der Waals surface area contributed by atoms with Gasteiger partial charge in [0.15, 0.2) is 0 Å². The van der Waals surface area contributed by atoms with Gasteiger partial charge in [0.2, 0.25) is 6.29 Å². The Morgan fingerprint density at radius 2 is 2.06 bits per heavy atom. The molecule has 1 rings (SSSR count). The third-order valence-electron chi connectivity index (χ3n) is 2.44. The van der Waals surface area contributed by atoms with E-state index in [1.165, 1.54) is 0 Å². The molecule has 0 N–H and O–H groups in total. The SMILES string of the molecule is C[Si](C)(C)C1=CCCCC(OC(=O)C(F)(F)F)O1. The number of ether oxygens (including phenoxy) is 2. The van der Waals surface area contributed by atoms with Gasteiger partial charge in [-0.15, -0.1) is 0 Å². The van der Waals surface area contributed by atoms with Gasteiger partial charge in [-0.25, -0.2) is 4.79 Å². The van der Waals surface area contributed by atoms with E-state index in [9.17, 15) is 18.0 Å². The molecule has 0 radical (unpaired) electrons. The minimum atomic E-state index is -4.97. The van der Waals surface area contributed by atoms with E-state index in [0.29, 0.717) is 11.8 Å². The predicted octanol–water partition coefficient (Wildman–Crippen LogP) is 3.38. The first-order valence-corrected chi connectivity index (χ1v) is 9.26. The number of hydrogen-bond acceptors (Lipinski definition) is 3. The third kappa shape index (κ3) is 4.36. The minimum Gasteiger partial charge on any atom is -0.465 e. The van der Waals surface area contributed by atoms with Crippen molar-refractivity contribution in [2.45, 2.75) is 51.4 Å². The summed E-state index contributed by atoms with van der Waals surface area (Å²) in [6, 6.07) is 0. The smallest absolute Gasteiger partial charge is 0.465 e. The first-order valence-electron chi connectivity index (χ1n) is 5.76. The van der Waals surface area contributed by atoms with Crippen molar-refractivity contribution < 1.29 is 27.4 Å². The summed E-state index contributed by atoms with van der Waals surface area (Å²) >= 11 is 0. The number of rotatable bonds is 2. The molecule has 0 saturated heterocycles. The Morgan fingerprint density at radius 3 is 2.56 bits per heavy atom. The standard InChI is InChI=1S/C11H17F3O3Si/c1-18(2,3)9-7-5-4-6-8(16-9)17-10(15)11(12,13)14/h7-8H,4-6H2,1-3H3. The van der Waals surface area contributed by atoms with Crippen molar-refractivity contribution in [2.75, 3.05) is 0 Å². The third-order valence-corrected chi connectivity index (χ3v) is 4.24. The molecule has 1 unspecified atom stereocenters. The molecule has 0 amide bonds. The highest BCUT2D eigenvalue weighted by atomic mass is 28.3. The van der Waals surface area contributed by atoms with E-state index in [1.54, 1.807) is 0 Å². The zero-order chi connectivity index (χ0) is 14.0. The predicted molar refractivity (Wildman–Crippen MR) is 62.3 cm³/mol. The summed E-state index contributed by atoms with van der Waals surface area (Å²) in [7, 11) is -1.76. The van der Waals surface area contributed by atoms with Gasteiger partial charge >= 0.3 is 12.1 Å². The van der Waals surface area contributed by atoms with Crippen molar-refractivity contribution >= 4 is 14.0 Å². The van der Waals surface area contributed by atoms with E-state index in [2.05, 4.69) is 4.74 Å². The second-order valence-electron chi connectivity index (χ2n) is 5.20. The highest BCUT2D eigenvalue weighted by Gasteiger charge is 2.43. The molecule has 1 aliphatic heterocycles. The van der Waals surface area contributed by atoms with Crippen molar-refractivity contribution in [3.63, 3.8) is 0 Å². The van der Waals surface area contributed by atoms with Crippen molar-refractivity contribution in [3.8, 4) is 0 Å². The van der Waals surface area contributed by atoms with Crippen LogP contribution in [0.2, 0.25) is 19.6 Å². The molecule has 0 aromatic carbocycles. The maximum absolute atomic E-state index is 12.1. The molecular weight excluding hydrogens is 265 g/mol. The fraction of sp³-hybridized carbons (Fsp3) is 0.727. The van der Waals surface area contributed by atoms with Gasteiger partial charge in [-0.3, -0.25) is 0 Å². The fourth-order valence-corrected chi connectivity index (χ4v) is 2.76. The molecule has 3 nitrogen and oxygen atoms in total. The van der Waals surface area contributed by atoms with Gasteiger partial charge in [0.25, 0.3) is 0 Å². The molecule has 1 heterocycles. The van der Waals surface area contributed by atoms with Gasteiger partial charge in [-0.1, -0.05) is 25.7 Å². The van der Waals surface area contributed by atoms with Crippen LogP contribution in [0, 0.1) is 0 Å². The number of allylic oxidation sites excluding steroid dienone is 1. The van der Waals surface area contributed by atoms with Crippen molar-refractivity contribution in [2.24, 2.45) is 0 Å². The summed E-state index contributed by atoms with van der Waals surface area (Å²) in [5.74, 6) is -2.19. The van der Waals surface area contributed by atoms with Crippen LogP contribution >= 0.6 is 0 Å². The molecule has 0 aromatic heterocycles. The van der Waals surface area contributed by atoms with E-state index >= 15 is 0 Å². The molecule has 1 aliphatic rings. The summed E-state index contributed by atoms with van der Waals surface area (Å²) in [6.45, 7) is 6.06. The van der Waals surface area contributed by atoms with Gasteiger partial charge < -0.3 is 9.47 Å². The Balaban J connectivity index is 2.69. The fourth-order valence-electron chi connectivity index (χ4n) is 1.52. The lowest BCUT2D eigenvalue weighted by Crippen LogP contribution is -2.34. The van der Waals surface area contributed by atoms with Crippen LogP contribution in [-0.4, -0.2) is 26.5 Å². The van der Waals surface area contributed by atoms with E-state index in [0.717, 1.165) is 6.42 Å². The van der Waals surface area contributed by atoms with Gasteiger partial charge in [0, 0.05) is 6.42 Å². The topological polar surface area (TPSA) is 35.5 Å². The summed E-state index contributed by atoms with van der Waals surface area (Å²) in [6.07, 6.45) is -2.54. The van der Waals surface area contributed by atoms with E-state index in [4.69, 9.17) is 4.74 Å². The van der Waals surface area contributed by atoms with Gasteiger partial charge in [0.05, 0.1) is 5.38 Å². The first-order chi connectivity index (χ1) is 8.10. The lowest BCUT2D eigenvalue weighted by Gasteiger charge is -2.25. The summed E-state index contributed by atoms with van der Waals surface area (Å²) in [4.78, 5) is 10.8. The number of hydrogen-bond donors (Lipinski definition) is 0. The number of carbonyl (C=O) groups excluding carboxylic acids is 1. The van der Waals surface area contributed by atoms with Crippen LogP contribution < -0.4 is 0 Å². The van der Waals surface area contributed by atoms with Crippen LogP contribution in [0.25, 0.3) is 0 Å². The zero-order valence-corrected chi connectivity index (χ0v) is 11.6. The van der Waals surface area contributed by atoms with Crippen LogP contribution in [0.4, 0.5) is 13.2 Å². The Hall–Kier alpha value is -0.983. The molecule has 0 spiro atoms. The average molecular weight is 282 g/mol. The van der Waals surface area contributed by atoms with Gasteiger partial charge in [0.1, 0.15) is 8.07 Å².